The molecule has 192 valence electrons. The highest BCUT2D eigenvalue weighted by molar-refractivity contribution is 5.93. The highest BCUT2D eigenvalue weighted by atomic mass is 19.2. The Labute approximate surface area is 213 Å². The molecule has 5 heterocycles. The second-order valence-corrected chi connectivity index (χ2v) is 8.99. The monoisotopic (exact) mass is 519 g/mol. The van der Waals surface area contributed by atoms with Gasteiger partial charge in [0, 0.05) is 55.4 Å². The van der Waals surface area contributed by atoms with Crippen LogP contribution in [0.5, 0.6) is 0 Å². The number of nitrogens with one attached hydrogen (secondary N) is 1. The van der Waals surface area contributed by atoms with Crippen LogP contribution in [-0.2, 0) is 0 Å². The third-order valence-corrected chi connectivity index (χ3v) is 6.69. The van der Waals surface area contributed by atoms with E-state index in [-0.39, 0.29) is 29.0 Å². The molecule has 0 radical (unpaired) electrons. The minimum absolute atomic E-state index is 0.0540. The SMILES string of the molecule is O=C(c1cc(-c2cccnc2)n(-c2cc(F)c(F)c(F)c2)n1)N1CCC(n2c(=O)[nH]c3cccnc32)CC1. The number of piperidine rings is 1. The van der Waals surface area contributed by atoms with Crippen LogP contribution in [0.15, 0.2) is 65.8 Å². The first-order valence-electron chi connectivity index (χ1n) is 11.9. The molecule has 38 heavy (non-hydrogen) atoms. The van der Waals surface area contributed by atoms with Gasteiger partial charge in [-0.1, -0.05) is 0 Å². The van der Waals surface area contributed by atoms with Crippen LogP contribution in [0.2, 0.25) is 0 Å². The van der Waals surface area contributed by atoms with Crippen molar-refractivity contribution >= 4 is 17.1 Å². The summed E-state index contributed by atoms with van der Waals surface area (Å²) < 4.78 is 44.5. The van der Waals surface area contributed by atoms with Gasteiger partial charge >= 0.3 is 5.69 Å². The van der Waals surface area contributed by atoms with Gasteiger partial charge in [-0.3, -0.25) is 14.3 Å². The van der Waals surface area contributed by atoms with Crippen molar-refractivity contribution in [3.8, 4) is 16.9 Å². The van der Waals surface area contributed by atoms with Gasteiger partial charge < -0.3 is 9.88 Å². The average molecular weight is 519 g/mol. The van der Waals surface area contributed by atoms with Gasteiger partial charge in [0.2, 0.25) is 0 Å². The largest absolute Gasteiger partial charge is 0.337 e. The van der Waals surface area contributed by atoms with Crippen molar-refractivity contribution in [1.29, 1.82) is 0 Å². The number of likely N-dealkylation sites (tertiary alicyclic amines) is 1. The maximum absolute atomic E-state index is 14.0. The van der Waals surface area contributed by atoms with Gasteiger partial charge in [-0.2, -0.15) is 5.10 Å². The molecule has 6 rings (SSSR count). The number of carbonyl (C=O) groups is 1. The zero-order chi connectivity index (χ0) is 26.4. The van der Waals surface area contributed by atoms with Crippen molar-refractivity contribution < 1.29 is 18.0 Å². The molecular formula is C26H20F3N7O2. The molecule has 0 atom stereocenters. The highest BCUT2D eigenvalue weighted by Gasteiger charge is 2.29. The number of hydrogen-bond acceptors (Lipinski definition) is 5. The first-order chi connectivity index (χ1) is 18.4. The molecule has 12 heteroatoms. The number of nitrogens with zero attached hydrogens (tertiary/aromatic N) is 6. The van der Waals surface area contributed by atoms with Crippen molar-refractivity contribution in [2.24, 2.45) is 0 Å². The fraction of sp³-hybridized carbons (Fsp3) is 0.192. The van der Waals surface area contributed by atoms with Crippen LogP contribution in [0.25, 0.3) is 28.1 Å². The summed E-state index contributed by atoms with van der Waals surface area (Å²) in [5, 5.41) is 4.34. The molecule has 9 nitrogen and oxygen atoms in total. The lowest BCUT2D eigenvalue weighted by Gasteiger charge is -2.31. The fourth-order valence-corrected chi connectivity index (χ4v) is 4.85. The van der Waals surface area contributed by atoms with Crippen LogP contribution >= 0.6 is 0 Å². The molecule has 0 saturated carbocycles. The summed E-state index contributed by atoms with van der Waals surface area (Å²) >= 11 is 0. The van der Waals surface area contributed by atoms with E-state index in [1.54, 1.807) is 46.1 Å². The Morgan fingerprint density at radius 3 is 2.45 bits per heavy atom. The lowest BCUT2D eigenvalue weighted by atomic mass is 10.0. The summed E-state index contributed by atoms with van der Waals surface area (Å²) in [6.45, 7) is 0.731. The average Bonchev–Trinajstić information content (AvgIpc) is 3.53. The lowest BCUT2D eigenvalue weighted by Crippen LogP contribution is -2.40. The first-order valence-corrected chi connectivity index (χ1v) is 11.9. The van der Waals surface area contributed by atoms with Crippen LogP contribution in [0, 0.1) is 17.5 Å². The number of hydrogen-bond donors (Lipinski definition) is 1. The number of benzene rings is 1. The fourth-order valence-electron chi connectivity index (χ4n) is 4.85. The number of carbonyl (C=O) groups excluding carboxylic acids is 1. The molecule has 0 bridgehead atoms. The first kappa shape index (κ1) is 23.6. The van der Waals surface area contributed by atoms with Crippen LogP contribution in [0.3, 0.4) is 0 Å². The Kier molecular flexibility index (Phi) is 5.78. The number of imidazole rings is 1. The molecule has 4 aromatic heterocycles. The van der Waals surface area contributed by atoms with E-state index in [0.29, 0.717) is 48.4 Å². The van der Waals surface area contributed by atoms with Crippen LogP contribution < -0.4 is 5.69 Å². The van der Waals surface area contributed by atoms with Crippen molar-refractivity contribution in [3.05, 3.63) is 94.7 Å². The van der Waals surface area contributed by atoms with E-state index in [4.69, 9.17) is 0 Å². The number of aromatic nitrogens is 6. The molecule has 1 aliphatic rings. The number of H-pyrrole nitrogens is 1. The van der Waals surface area contributed by atoms with Crippen LogP contribution in [-0.4, -0.2) is 53.2 Å². The summed E-state index contributed by atoms with van der Waals surface area (Å²) in [4.78, 5) is 38.8. The van der Waals surface area contributed by atoms with Gasteiger partial charge in [-0.25, -0.2) is 27.6 Å². The topological polar surface area (TPSA) is 102 Å². The summed E-state index contributed by atoms with van der Waals surface area (Å²) in [5.41, 5.74) is 1.86. The van der Waals surface area contributed by atoms with Gasteiger partial charge in [0.15, 0.2) is 28.8 Å². The molecule has 1 N–H and O–H groups in total. The molecule has 5 aromatic rings. The summed E-state index contributed by atoms with van der Waals surface area (Å²) in [6.07, 6.45) is 5.77. The minimum atomic E-state index is -1.59. The third-order valence-electron chi connectivity index (χ3n) is 6.69. The molecule has 1 aliphatic heterocycles. The molecule has 1 amide bonds. The Morgan fingerprint density at radius 1 is 1.00 bits per heavy atom. The molecule has 0 spiro atoms. The number of amides is 1. The number of aromatic amines is 1. The second-order valence-electron chi connectivity index (χ2n) is 8.99. The van der Waals surface area contributed by atoms with Gasteiger partial charge in [0.25, 0.3) is 5.91 Å². The third kappa shape index (κ3) is 4.03. The Morgan fingerprint density at radius 2 is 1.74 bits per heavy atom. The Hall–Kier alpha value is -4.74. The minimum Gasteiger partial charge on any atom is -0.337 e. The number of pyridine rings is 2. The summed E-state index contributed by atoms with van der Waals surface area (Å²) in [5.74, 6) is -4.71. The Bertz CT molecular complexity index is 1700. The predicted octanol–water partition coefficient (Wildman–Crippen LogP) is 3.87. The van der Waals surface area contributed by atoms with E-state index < -0.39 is 17.5 Å². The summed E-state index contributed by atoms with van der Waals surface area (Å²) in [7, 11) is 0. The standard InChI is InChI=1S/C26H20F3N7O2/c27-18-11-17(12-19(28)23(18)29)36-22(15-3-1-7-30-14-15)13-21(33-36)25(37)34-9-5-16(6-10-34)35-24-20(32-26(35)38)4-2-8-31-24/h1-4,7-8,11-14,16H,5-6,9-10H2,(H,32,38). The van der Waals surface area contributed by atoms with E-state index in [0.717, 1.165) is 12.1 Å². The van der Waals surface area contributed by atoms with E-state index >= 15 is 0 Å². The molecular weight excluding hydrogens is 499 g/mol. The maximum Gasteiger partial charge on any atom is 0.327 e. The maximum atomic E-state index is 14.0. The van der Waals surface area contributed by atoms with Gasteiger partial charge in [0.05, 0.1) is 16.9 Å². The van der Waals surface area contributed by atoms with Crippen LogP contribution in [0.1, 0.15) is 29.4 Å². The molecule has 0 aliphatic carbocycles. The van der Waals surface area contributed by atoms with Gasteiger partial charge in [-0.15, -0.1) is 0 Å². The number of fused-ring (bicyclic) bond motifs is 1. The molecule has 1 aromatic carbocycles. The van der Waals surface area contributed by atoms with E-state index in [1.807, 2.05) is 0 Å². The second kappa shape index (κ2) is 9.29. The quantitative estimate of drug-likeness (QED) is 0.364. The lowest BCUT2D eigenvalue weighted by molar-refractivity contribution is 0.0688. The summed E-state index contributed by atoms with van der Waals surface area (Å²) in [6, 6.07) is 9.93. The van der Waals surface area contributed by atoms with Gasteiger partial charge in [-0.05, 0) is 43.2 Å². The van der Waals surface area contributed by atoms with Crippen molar-refractivity contribution in [2.45, 2.75) is 18.9 Å². The number of halogens is 3. The zero-order valence-electron chi connectivity index (χ0n) is 19.8. The van der Waals surface area contributed by atoms with E-state index in [9.17, 15) is 22.8 Å². The van der Waals surface area contributed by atoms with Gasteiger partial charge in [0.1, 0.15) is 0 Å². The van der Waals surface area contributed by atoms with E-state index in [2.05, 4.69) is 20.1 Å². The van der Waals surface area contributed by atoms with Crippen molar-refractivity contribution in [2.75, 3.05) is 13.1 Å². The Balaban J connectivity index is 1.29. The smallest absolute Gasteiger partial charge is 0.327 e. The molecule has 0 unspecified atom stereocenters. The molecule has 1 fully saturated rings. The highest BCUT2D eigenvalue weighted by Crippen LogP contribution is 2.28. The normalized spacial score (nSPS) is 14.3. The van der Waals surface area contributed by atoms with Crippen molar-refractivity contribution in [3.63, 3.8) is 0 Å². The molecule has 1 saturated heterocycles. The van der Waals surface area contributed by atoms with Crippen LogP contribution in [0.4, 0.5) is 13.2 Å². The van der Waals surface area contributed by atoms with Crippen molar-refractivity contribution in [1.82, 2.24) is 34.2 Å². The zero-order valence-corrected chi connectivity index (χ0v) is 19.8. The van der Waals surface area contributed by atoms with E-state index in [1.165, 1.54) is 16.9 Å². The predicted molar refractivity (Wildman–Crippen MR) is 131 cm³/mol. The number of rotatable bonds is 4.